The fourth-order valence-corrected chi connectivity index (χ4v) is 13.5. The lowest BCUT2D eigenvalue weighted by Crippen LogP contribution is -2.65. The summed E-state index contributed by atoms with van der Waals surface area (Å²) in [5.41, 5.74) is -0.757. The zero-order chi connectivity index (χ0) is 66.0. The van der Waals surface area contributed by atoms with Gasteiger partial charge in [0.1, 0.15) is 46.3 Å². The fourth-order valence-electron chi connectivity index (χ4n) is 13.5. The second-order valence-corrected chi connectivity index (χ2v) is 25.0. The van der Waals surface area contributed by atoms with E-state index in [1.54, 1.807) is 55.8 Å². The third kappa shape index (κ3) is 10.0. The van der Waals surface area contributed by atoms with Crippen LogP contribution in [0.4, 0.5) is 34.6 Å². The van der Waals surface area contributed by atoms with E-state index in [2.05, 4.69) is 18.1 Å². The predicted octanol–water partition coefficient (Wildman–Crippen LogP) is 9.05. The molecule has 2 saturated heterocycles. The largest absolute Gasteiger partial charge is 0.507 e. The number of fused-ring (bicyclic) bond motifs is 10. The summed E-state index contributed by atoms with van der Waals surface area (Å²) >= 11 is 0. The number of aromatic hydroxyl groups is 2. The van der Waals surface area contributed by atoms with Crippen molar-refractivity contribution >= 4 is 62.5 Å². The van der Waals surface area contributed by atoms with Crippen molar-refractivity contribution in [2.45, 2.75) is 91.4 Å². The second kappa shape index (κ2) is 23.4. The number of pyridine rings is 6. The first-order chi connectivity index (χ1) is 43.7. The lowest BCUT2D eigenvalue weighted by atomic mass is 9.96. The summed E-state index contributed by atoms with van der Waals surface area (Å²) in [5, 5.41) is 22.2. The number of carbonyl (C=O) groups is 3. The number of halogens is 4. The van der Waals surface area contributed by atoms with Crippen molar-refractivity contribution in [2.24, 2.45) is 0 Å². The molecular formula is C68H68F4N12O8. The van der Waals surface area contributed by atoms with Crippen molar-refractivity contribution in [2.75, 3.05) is 74.6 Å². The number of piperazine rings is 2. The highest BCUT2D eigenvalue weighted by Gasteiger charge is 2.47. The highest BCUT2D eigenvalue weighted by atomic mass is 19.1. The van der Waals surface area contributed by atoms with Crippen LogP contribution in [0.15, 0.2) is 95.7 Å². The molecule has 12 rings (SSSR count). The number of carbonyl (C=O) groups excluding carboxylic acids is 3. The molecule has 0 radical (unpaired) electrons. The maximum Gasteiger partial charge on any atom is 0.336 e. The number of esters is 1. The van der Waals surface area contributed by atoms with Gasteiger partial charge in [0.2, 0.25) is 11.7 Å². The molecule has 0 saturated carbocycles. The molecule has 20 nitrogen and oxygen atoms in total. The Balaban J connectivity index is 0.971. The van der Waals surface area contributed by atoms with Crippen LogP contribution in [0.3, 0.4) is 0 Å². The molecule has 4 atom stereocenters. The van der Waals surface area contributed by atoms with Gasteiger partial charge in [0.25, 0.3) is 11.5 Å². The van der Waals surface area contributed by atoms with Crippen LogP contribution in [0.5, 0.6) is 17.2 Å². The first kappa shape index (κ1) is 62.2. The van der Waals surface area contributed by atoms with Gasteiger partial charge >= 0.3 is 11.5 Å². The third-order valence-electron chi connectivity index (χ3n) is 17.9. The van der Waals surface area contributed by atoms with E-state index in [-0.39, 0.29) is 94.7 Å². The van der Waals surface area contributed by atoms with Crippen LogP contribution in [-0.2, 0) is 14.4 Å². The molecule has 92 heavy (non-hydrogen) atoms. The van der Waals surface area contributed by atoms with Crippen molar-refractivity contribution in [1.82, 2.24) is 43.8 Å². The maximum absolute atomic E-state index is 17.1. The van der Waals surface area contributed by atoms with E-state index in [0.29, 0.717) is 41.3 Å². The minimum atomic E-state index is -1.14. The van der Waals surface area contributed by atoms with Gasteiger partial charge < -0.3 is 44.3 Å². The number of rotatable bonds is 12. The first-order valence-electron chi connectivity index (χ1n) is 30.3. The lowest BCUT2D eigenvalue weighted by molar-refractivity contribution is -0.140. The van der Waals surface area contributed by atoms with Gasteiger partial charge in [-0.05, 0) is 119 Å². The van der Waals surface area contributed by atoms with Gasteiger partial charge in [0.05, 0.1) is 69.1 Å². The summed E-state index contributed by atoms with van der Waals surface area (Å²) in [6, 6.07) is 9.79. The van der Waals surface area contributed by atoms with Crippen molar-refractivity contribution in [3.8, 4) is 51.1 Å². The van der Waals surface area contributed by atoms with Gasteiger partial charge in [-0.1, -0.05) is 53.0 Å². The molecule has 0 aliphatic carbocycles. The Morgan fingerprint density at radius 2 is 1.25 bits per heavy atom. The van der Waals surface area contributed by atoms with E-state index in [0.717, 1.165) is 28.8 Å². The van der Waals surface area contributed by atoms with E-state index in [1.807, 2.05) is 56.5 Å². The van der Waals surface area contributed by atoms with E-state index < -0.39 is 122 Å². The van der Waals surface area contributed by atoms with Gasteiger partial charge in [-0.25, -0.2) is 32.3 Å². The number of likely N-dealkylation sites (N-methyl/N-ethyl adjacent to an activating group) is 1. The predicted molar refractivity (Wildman–Crippen MR) is 342 cm³/mol. The highest BCUT2D eigenvalue weighted by Crippen LogP contribution is 2.47. The molecule has 2 amide bonds. The average molecular weight is 1260 g/mol. The monoisotopic (exact) mass is 1260 g/mol. The molecular weight excluding hydrogens is 1190 g/mol. The molecule has 24 heteroatoms. The lowest BCUT2D eigenvalue weighted by Gasteiger charge is -2.52. The molecule has 4 unspecified atom stereocenters. The summed E-state index contributed by atoms with van der Waals surface area (Å²) in [6.07, 6.45) is 2.77. The topological polar surface area (TPSA) is 216 Å². The molecule has 2 aromatic carbocycles. The first-order valence-corrected chi connectivity index (χ1v) is 30.3. The quantitative estimate of drug-likeness (QED) is 0.0663. The van der Waals surface area contributed by atoms with E-state index in [4.69, 9.17) is 19.7 Å². The van der Waals surface area contributed by atoms with Crippen LogP contribution in [0, 0.1) is 37.1 Å². The molecule has 4 aliphatic heterocycles. The van der Waals surface area contributed by atoms with Crippen LogP contribution < -0.4 is 30.6 Å². The number of hydrogen-bond donors (Lipinski definition) is 2. The number of phenolic OH excluding ortho intramolecular Hbond substituents is 2. The maximum atomic E-state index is 17.1. The zero-order valence-electron chi connectivity index (χ0n) is 52.5. The Bertz CT molecular complexity index is 4590. The van der Waals surface area contributed by atoms with Crippen LogP contribution in [0.25, 0.3) is 61.5 Å². The van der Waals surface area contributed by atoms with Gasteiger partial charge in [-0.15, -0.1) is 0 Å². The number of amides is 2. The van der Waals surface area contributed by atoms with Crippen LogP contribution in [-0.4, -0.2) is 156 Å². The Morgan fingerprint density at radius 3 is 1.83 bits per heavy atom. The fraction of sp³-hybridized carbons (Fsp3) is 0.338. The summed E-state index contributed by atoms with van der Waals surface area (Å²) in [6.45, 7) is 23.5. The van der Waals surface area contributed by atoms with E-state index >= 15 is 31.9 Å². The van der Waals surface area contributed by atoms with Crippen molar-refractivity contribution in [3.05, 3.63) is 158 Å². The van der Waals surface area contributed by atoms with Gasteiger partial charge in [-0.3, -0.25) is 38.3 Å². The van der Waals surface area contributed by atoms with E-state index in [9.17, 15) is 19.8 Å². The minimum Gasteiger partial charge on any atom is -0.507 e. The van der Waals surface area contributed by atoms with Crippen LogP contribution in [0.2, 0.25) is 0 Å². The Kier molecular flexibility index (Phi) is 15.8. The summed E-state index contributed by atoms with van der Waals surface area (Å²) in [4.78, 5) is 104. The zero-order valence-corrected chi connectivity index (χ0v) is 52.5. The molecule has 2 N–H and O–H groups in total. The summed E-state index contributed by atoms with van der Waals surface area (Å²) in [7, 11) is 3.80. The third-order valence-corrected chi connectivity index (χ3v) is 17.9. The molecule has 4 aliphatic rings. The van der Waals surface area contributed by atoms with Crippen LogP contribution >= 0.6 is 0 Å². The Morgan fingerprint density at radius 1 is 0.685 bits per heavy atom. The average Bonchev–Trinajstić information content (AvgIpc) is 0.716. The summed E-state index contributed by atoms with van der Waals surface area (Å²) < 4.78 is 73.9. The highest BCUT2D eigenvalue weighted by molar-refractivity contribution is 6.18. The van der Waals surface area contributed by atoms with Crippen molar-refractivity contribution in [3.63, 3.8) is 0 Å². The Hall–Kier alpha value is -9.97. The number of ether oxygens (including phenoxy) is 1. The van der Waals surface area contributed by atoms with Crippen molar-refractivity contribution in [1.29, 1.82) is 0 Å². The molecule has 0 bridgehead atoms. The summed E-state index contributed by atoms with van der Waals surface area (Å²) in [5.74, 6) is -8.16. The molecule has 2 fully saturated rings. The normalized spacial score (nSPS) is 18.0. The molecule has 0 spiro atoms. The molecule has 6 aromatic heterocycles. The van der Waals surface area contributed by atoms with Gasteiger partial charge in [-0.2, -0.15) is 0 Å². The minimum absolute atomic E-state index is 0.00524. The number of phenols is 2. The standard InChI is InChI=1S/C68H68F4N12O8/c1-13-50(87)79-31-47-68(91)92-62-60(82(47)28-36(79)8)41-26-45(72)56(52-43(70)17-15-19-49(52)86)76-64(41)84(67(62)90)58-35(7)24-46(74-54(58)33(4)5)38(10)65(88)80-30-39-29-78(23-22-77(11)12)61-59(81(39)27-37(80)9)40-25-44(71)55(51-42(69)16-14-18-48(51)85)75-63(40)83(66(61)89)57-34(6)20-21-73-53(57)32(2)3/h13-21,24-26,32-33,36-37,39,47,85-86H,1,10,22-23,27-31H2,2-9,11-12H3. The number of hydrogen-bond acceptors (Lipinski definition) is 16. The number of anilines is 3. The number of nitrogens with zero attached hydrogens (tertiary/aromatic N) is 12. The number of aromatic nitrogens is 6. The molecule has 8 aromatic rings. The molecule has 476 valence electrons. The van der Waals surface area contributed by atoms with Gasteiger partial charge in [0.15, 0.2) is 22.9 Å². The number of benzene rings is 2. The smallest absolute Gasteiger partial charge is 0.336 e. The second-order valence-electron chi connectivity index (χ2n) is 25.0. The van der Waals surface area contributed by atoms with Crippen LogP contribution in [0.1, 0.15) is 81.6 Å². The number of aryl methyl sites for hydroxylation is 2. The Labute approximate surface area is 526 Å². The van der Waals surface area contributed by atoms with Gasteiger partial charge in [0, 0.05) is 68.3 Å². The SMILES string of the molecule is C=CC(=O)N1CC2C(=O)Oc3c(c4cc(F)c(-c5c(O)cccc5F)nc4n(-c4c(C)cc(C(=C)C(=O)N5CC6CN(CCN(C)C)c7c(c8cc(F)c(-c9c(O)cccc9F)nc8n(-c8c(C)ccnc8C(C)C)c7=O)N6CC5C)nc4C(C)C)c3=O)N2CC1C. The van der Waals surface area contributed by atoms with Crippen molar-refractivity contribution < 1.29 is 46.9 Å². The molecule has 10 heterocycles. The van der Waals surface area contributed by atoms with E-state index in [1.165, 1.54) is 39.8 Å².